The smallest absolute Gasteiger partial charge is 0.416 e. The van der Waals surface area contributed by atoms with E-state index in [0.717, 1.165) is 55.3 Å². The lowest BCUT2D eigenvalue weighted by atomic mass is 9.97. The third-order valence-electron chi connectivity index (χ3n) is 5.70. The number of ether oxygens (including phenoxy) is 1. The highest BCUT2D eigenvalue weighted by atomic mass is 19.4. The maximum absolute atomic E-state index is 13.0. The molecule has 3 aromatic rings. The van der Waals surface area contributed by atoms with Crippen LogP contribution in [-0.4, -0.2) is 53.7 Å². The van der Waals surface area contributed by atoms with Gasteiger partial charge in [-0.25, -0.2) is 9.78 Å². The highest BCUT2D eigenvalue weighted by molar-refractivity contribution is 5.70. The van der Waals surface area contributed by atoms with Crippen molar-refractivity contribution in [2.24, 2.45) is 0 Å². The maximum atomic E-state index is 13.0. The highest BCUT2D eigenvalue weighted by Gasteiger charge is 2.30. The minimum atomic E-state index is -4.40. The van der Waals surface area contributed by atoms with Crippen LogP contribution in [0.25, 0.3) is 11.1 Å². The molecule has 1 saturated heterocycles. The number of carboxylic acid groups (broad SMARTS) is 1. The molecule has 2 heterocycles. The highest BCUT2D eigenvalue weighted by Crippen LogP contribution is 2.33. The summed E-state index contributed by atoms with van der Waals surface area (Å²) >= 11 is 0. The van der Waals surface area contributed by atoms with E-state index in [1.807, 2.05) is 18.2 Å². The van der Waals surface area contributed by atoms with Crippen molar-refractivity contribution in [3.05, 3.63) is 78.0 Å². The van der Waals surface area contributed by atoms with Gasteiger partial charge in [-0.15, -0.1) is 0 Å². The zero-order valence-corrected chi connectivity index (χ0v) is 18.3. The van der Waals surface area contributed by atoms with Gasteiger partial charge in [0.2, 0.25) is 0 Å². The zero-order valence-electron chi connectivity index (χ0n) is 18.3. The molecule has 0 bridgehead atoms. The Morgan fingerprint density at radius 1 is 1.00 bits per heavy atom. The van der Waals surface area contributed by atoms with Crippen LogP contribution in [0.4, 0.5) is 19.0 Å². The summed E-state index contributed by atoms with van der Waals surface area (Å²) in [6.07, 6.45) is -2.64. The van der Waals surface area contributed by atoms with Gasteiger partial charge in [-0.2, -0.15) is 13.2 Å². The second-order valence-electron chi connectivity index (χ2n) is 8.03. The number of aliphatic carboxylic acids is 1. The molecule has 1 aromatic heterocycles. The number of hydrogen-bond donors (Lipinski definition) is 1. The van der Waals surface area contributed by atoms with E-state index in [-0.39, 0.29) is 0 Å². The lowest BCUT2D eigenvalue weighted by Crippen LogP contribution is -2.46. The second-order valence-corrected chi connectivity index (χ2v) is 8.03. The van der Waals surface area contributed by atoms with Crippen molar-refractivity contribution in [2.75, 3.05) is 37.7 Å². The van der Waals surface area contributed by atoms with Gasteiger partial charge in [0.25, 0.3) is 0 Å². The van der Waals surface area contributed by atoms with Crippen molar-refractivity contribution in [1.29, 1.82) is 0 Å². The SMILES string of the molecule is O=C(O)COc1ccc(-c2ccc(C(F)(F)F)cc2)c(CN2CCN(c3ccccn3)CC2)c1. The van der Waals surface area contributed by atoms with E-state index >= 15 is 0 Å². The third-order valence-corrected chi connectivity index (χ3v) is 5.70. The van der Waals surface area contributed by atoms with E-state index in [4.69, 9.17) is 9.84 Å². The molecule has 1 fully saturated rings. The molecule has 178 valence electrons. The average molecular weight is 471 g/mol. The van der Waals surface area contributed by atoms with Crippen LogP contribution >= 0.6 is 0 Å². The number of piperazine rings is 1. The van der Waals surface area contributed by atoms with Crippen LogP contribution in [-0.2, 0) is 17.5 Å². The minimum absolute atomic E-state index is 0.403. The molecule has 6 nitrogen and oxygen atoms in total. The van der Waals surface area contributed by atoms with E-state index in [0.29, 0.717) is 17.9 Å². The minimum Gasteiger partial charge on any atom is -0.482 e. The van der Waals surface area contributed by atoms with E-state index in [9.17, 15) is 18.0 Å². The fourth-order valence-corrected chi connectivity index (χ4v) is 3.97. The molecule has 0 amide bonds. The lowest BCUT2D eigenvalue weighted by molar-refractivity contribution is -0.139. The molecule has 4 rings (SSSR count). The van der Waals surface area contributed by atoms with Gasteiger partial charge < -0.3 is 14.7 Å². The number of nitrogens with zero attached hydrogens (tertiary/aromatic N) is 3. The maximum Gasteiger partial charge on any atom is 0.416 e. The van der Waals surface area contributed by atoms with Crippen LogP contribution in [0.15, 0.2) is 66.9 Å². The summed E-state index contributed by atoms with van der Waals surface area (Å²) in [6.45, 7) is 3.23. The summed E-state index contributed by atoms with van der Waals surface area (Å²) < 4.78 is 44.3. The molecule has 0 saturated carbocycles. The molecular weight excluding hydrogens is 447 g/mol. The Morgan fingerprint density at radius 2 is 1.74 bits per heavy atom. The molecule has 2 aromatic carbocycles. The molecule has 1 aliphatic rings. The lowest BCUT2D eigenvalue weighted by Gasteiger charge is -2.35. The first-order chi connectivity index (χ1) is 16.3. The van der Waals surface area contributed by atoms with Crippen LogP contribution in [0, 0.1) is 0 Å². The topological polar surface area (TPSA) is 65.9 Å². The summed E-state index contributed by atoms with van der Waals surface area (Å²) in [5.41, 5.74) is 1.59. The summed E-state index contributed by atoms with van der Waals surface area (Å²) in [6, 6.07) is 16.0. The number of carboxylic acids is 1. The van der Waals surface area contributed by atoms with Gasteiger partial charge in [0, 0.05) is 38.9 Å². The first kappa shape index (κ1) is 23.6. The first-order valence-corrected chi connectivity index (χ1v) is 10.8. The molecule has 0 radical (unpaired) electrons. The predicted octanol–water partition coefficient (Wildman–Crippen LogP) is 4.55. The molecule has 34 heavy (non-hydrogen) atoms. The Morgan fingerprint density at radius 3 is 2.35 bits per heavy atom. The largest absolute Gasteiger partial charge is 0.482 e. The van der Waals surface area contributed by atoms with Crippen LogP contribution in [0.1, 0.15) is 11.1 Å². The molecule has 0 aliphatic carbocycles. The average Bonchev–Trinajstić information content (AvgIpc) is 2.83. The Hall–Kier alpha value is -3.59. The number of pyridine rings is 1. The third kappa shape index (κ3) is 5.85. The number of anilines is 1. The number of carbonyl (C=O) groups is 1. The van der Waals surface area contributed by atoms with Crippen molar-refractivity contribution < 1.29 is 27.8 Å². The van der Waals surface area contributed by atoms with Gasteiger partial charge in [0.1, 0.15) is 11.6 Å². The Bertz CT molecular complexity index is 1110. The van der Waals surface area contributed by atoms with Gasteiger partial charge in [-0.05, 0) is 53.1 Å². The molecule has 0 unspecified atom stereocenters. The summed E-state index contributed by atoms with van der Waals surface area (Å²) in [5, 5.41) is 8.91. The number of alkyl halides is 3. The molecular formula is C25H24F3N3O3. The monoisotopic (exact) mass is 471 g/mol. The van der Waals surface area contributed by atoms with Crippen LogP contribution in [0.5, 0.6) is 5.75 Å². The van der Waals surface area contributed by atoms with Crippen molar-refractivity contribution in [3.63, 3.8) is 0 Å². The molecule has 1 aliphatic heterocycles. The fraction of sp³-hybridized carbons (Fsp3) is 0.280. The van der Waals surface area contributed by atoms with Crippen molar-refractivity contribution in [3.8, 4) is 16.9 Å². The summed E-state index contributed by atoms with van der Waals surface area (Å²) in [4.78, 5) is 19.7. The number of halogens is 3. The van der Waals surface area contributed by atoms with E-state index in [1.54, 1.807) is 24.4 Å². The molecule has 0 spiro atoms. The van der Waals surface area contributed by atoms with Crippen molar-refractivity contribution >= 4 is 11.8 Å². The number of hydrogen-bond acceptors (Lipinski definition) is 5. The number of benzene rings is 2. The van der Waals surface area contributed by atoms with Gasteiger partial charge in [-0.1, -0.05) is 24.3 Å². The van der Waals surface area contributed by atoms with Crippen LogP contribution < -0.4 is 9.64 Å². The Labute approximate surface area is 195 Å². The molecule has 9 heteroatoms. The molecule has 0 atom stereocenters. The van der Waals surface area contributed by atoms with Crippen LogP contribution in [0.2, 0.25) is 0 Å². The number of rotatable bonds is 7. The predicted molar refractivity (Wildman–Crippen MR) is 122 cm³/mol. The second kappa shape index (κ2) is 10.1. The van der Waals surface area contributed by atoms with Gasteiger partial charge in [-0.3, -0.25) is 4.90 Å². The zero-order chi connectivity index (χ0) is 24.1. The Kier molecular flexibility index (Phi) is 7.02. The number of aromatic nitrogens is 1. The van der Waals surface area contributed by atoms with Gasteiger partial charge >= 0.3 is 12.1 Å². The normalized spacial score (nSPS) is 14.7. The van der Waals surface area contributed by atoms with Crippen molar-refractivity contribution in [1.82, 2.24) is 9.88 Å². The Balaban J connectivity index is 1.54. The fourth-order valence-electron chi connectivity index (χ4n) is 3.97. The quantitative estimate of drug-likeness (QED) is 0.545. The summed E-state index contributed by atoms with van der Waals surface area (Å²) in [7, 11) is 0. The van der Waals surface area contributed by atoms with E-state index in [2.05, 4.69) is 14.8 Å². The van der Waals surface area contributed by atoms with Crippen LogP contribution in [0.3, 0.4) is 0 Å². The van der Waals surface area contributed by atoms with E-state index in [1.165, 1.54) is 12.1 Å². The summed E-state index contributed by atoms with van der Waals surface area (Å²) in [5.74, 6) is 0.246. The van der Waals surface area contributed by atoms with Gasteiger partial charge in [0.15, 0.2) is 6.61 Å². The van der Waals surface area contributed by atoms with Gasteiger partial charge in [0.05, 0.1) is 5.56 Å². The molecule has 1 N–H and O–H groups in total. The van der Waals surface area contributed by atoms with E-state index < -0.39 is 24.3 Å². The van der Waals surface area contributed by atoms with Crippen molar-refractivity contribution in [2.45, 2.75) is 12.7 Å². The first-order valence-electron chi connectivity index (χ1n) is 10.8. The standard InChI is InChI=1S/C25H24F3N3O3/c26-25(27,28)20-6-4-18(5-7-20)22-9-8-21(34-17-24(32)33)15-19(22)16-30-11-13-31(14-12-30)23-3-1-2-10-29-23/h1-10,15H,11-14,16-17H2,(H,32,33).